The summed E-state index contributed by atoms with van der Waals surface area (Å²) in [6.45, 7) is 0.295. The van der Waals surface area contributed by atoms with Crippen LogP contribution in [0.2, 0.25) is 0 Å². The van der Waals surface area contributed by atoms with Crippen LogP contribution < -0.4 is 4.90 Å². The minimum absolute atomic E-state index is 0.295. The van der Waals surface area contributed by atoms with Crippen LogP contribution >= 0.6 is 0 Å². The second kappa shape index (κ2) is 7.29. The molecule has 3 heteroatoms. The van der Waals surface area contributed by atoms with E-state index in [4.69, 9.17) is 4.74 Å². The fourth-order valence-electron chi connectivity index (χ4n) is 1.82. The molecule has 0 saturated heterocycles. The van der Waals surface area contributed by atoms with E-state index in [-0.39, 0.29) is 5.97 Å². The number of hydrogen-bond acceptors (Lipinski definition) is 3. The molecule has 0 aliphatic heterocycles. The summed E-state index contributed by atoms with van der Waals surface area (Å²) in [6, 6.07) is 17.6. The fraction of sp³-hybridized carbons (Fsp3) is 0.167. The van der Waals surface area contributed by atoms with Gasteiger partial charge in [-0.3, -0.25) is 0 Å². The first kappa shape index (κ1) is 14.9. The number of carbonyl (C=O) groups is 1. The van der Waals surface area contributed by atoms with Crippen molar-refractivity contribution in [1.82, 2.24) is 0 Å². The third-order valence-electron chi connectivity index (χ3n) is 3.05. The summed E-state index contributed by atoms with van der Waals surface area (Å²) >= 11 is 0. The van der Waals surface area contributed by atoms with Gasteiger partial charge in [0.25, 0.3) is 0 Å². The van der Waals surface area contributed by atoms with Gasteiger partial charge < -0.3 is 9.64 Å². The monoisotopic (exact) mass is 281 g/mol. The highest BCUT2D eigenvalue weighted by Crippen LogP contribution is 2.13. The minimum atomic E-state index is -0.337. The maximum Gasteiger partial charge on any atom is 0.331 e. The molecule has 2 rings (SSSR count). The summed E-state index contributed by atoms with van der Waals surface area (Å²) < 4.78 is 5.18. The molecule has 0 radical (unpaired) electrons. The van der Waals surface area contributed by atoms with Crippen LogP contribution in [-0.2, 0) is 16.1 Å². The molecule has 0 aliphatic carbocycles. The highest BCUT2D eigenvalue weighted by Gasteiger charge is 1.99. The smallest absolute Gasteiger partial charge is 0.331 e. The molecule has 0 fully saturated rings. The number of carbonyl (C=O) groups excluding carboxylic acids is 1. The van der Waals surface area contributed by atoms with Crippen molar-refractivity contribution in [3.63, 3.8) is 0 Å². The molecule has 0 N–H and O–H groups in total. The number of nitrogens with zero attached hydrogens (tertiary/aromatic N) is 1. The molecule has 108 valence electrons. The summed E-state index contributed by atoms with van der Waals surface area (Å²) in [6.07, 6.45) is 3.21. The van der Waals surface area contributed by atoms with E-state index in [0.29, 0.717) is 6.61 Å². The molecule has 21 heavy (non-hydrogen) atoms. The fourth-order valence-corrected chi connectivity index (χ4v) is 1.82. The van der Waals surface area contributed by atoms with Gasteiger partial charge in [0.1, 0.15) is 6.61 Å². The number of anilines is 1. The summed E-state index contributed by atoms with van der Waals surface area (Å²) in [5.41, 5.74) is 3.07. The Morgan fingerprint density at radius 2 is 1.71 bits per heavy atom. The van der Waals surface area contributed by atoms with Gasteiger partial charge in [0, 0.05) is 25.9 Å². The van der Waals surface area contributed by atoms with Crippen molar-refractivity contribution in [2.24, 2.45) is 0 Å². The molecule has 0 heterocycles. The third kappa shape index (κ3) is 4.80. The molecule has 0 bridgehead atoms. The first-order valence-electron chi connectivity index (χ1n) is 6.81. The Balaban J connectivity index is 1.87. The average molecular weight is 281 g/mol. The summed E-state index contributed by atoms with van der Waals surface area (Å²) in [5.74, 6) is -0.337. The Kier molecular flexibility index (Phi) is 5.16. The van der Waals surface area contributed by atoms with Crippen molar-refractivity contribution >= 4 is 17.7 Å². The van der Waals surface area contributed by atoms with Crippen LogP contribution in [0.3, 0.4) is 0 Å². The van der Waals surface area contributed by atoms with Crippen molar-refractivity contribution in [3.8, 4) is 0 Å². The van der Waals surface area contributed by atoms with Gasteiger partial charge in [0.2, 0.25) is 0 Å². The molecular weight excluding hydrogens is 262 g/mol. The summed E-state index contributed by atoms with van der Waals surface area (Å²) in [7, 11) is 3.98. The van der Waals surface area contributed by atoms with E-state index < -0.39 is 0 Å². The van der Waals surface area contributed by atoms with Gasteiger partial charge >= 0.3 is 5.97 Å². The van der Waals surface area contributed by atoms with Crippen LogP contribution in [0.1, 0.15) is 11.1 Å². The van der Waals surface area contributed by atoms with E-state index in [1.54, 1.807) is 6.08 Å². The van der Waals surface area contributed by atoms with E-state index in [0.717, 1.165) is 16.8 Å². The van der Waals surface area contributed by atoms with Crippen LogP contribution in [0.15, 0.2) is 60.7 Å². The molecule has 0 spiro atoms. The van der Waals surface area contributed by atoms with Crippen molar-refractivity contribution < 1.29 is 9.53 Å². The molecular formula is C18H19NO2. The molecule has 2 aromatic rings. The Labute approximate surface area is 125 Å². The summed E-state index contributed by atoms with van der Waals surface area (Å²) in [5, 5.41) is 0. The Hall–Kier alpha value is -2.55. The number of ether oxygens (including phenoxy) is 1. The van der Waals surface area contributed by atoms with Gasteiger partial charge in [-0.1, -0.05) is 42.5 Å². The molecule has 0 aliphatic rings. The van der Waals surface area contributed by atoms with Gasteiger partial charge in [0.15, 0.2) is 0 Å². The number of esters is 1. The molecule has 0 aromatic heterocycles. The lowest BCUT2D eigenvalue weighted by atomic mass is 10.2. The zero-order valence-electron chi connectivity index (χ0n) is 12.3. The van der Waals surface area contributed by atoms with Crippen LogP contribution in [0.4, 0.5) is 5.69 Å². The highest BCUT2D eigenvalue weighted by atomic mass is 16.5. The number of benzene rings is 2. The van der Waals surface area contributed by atoms with Crippen LogP contribution in [0, 0.1) is 0 Å². The topological polar surface area (TPSA) is 29.5 Å². The van der Waals surface area contributed by atoms with Gasteiger partial charge in [-0.05, 0) is 29.3 Å². The Morgan fingerprint density at radius 1 is 1.05 bits per heavy atom. The second-order valence-electron chi connectivity index (χ2n) is 4.91. The predicted molar refractivity (Wildman–Crippen MR) is 86.0 cm³/mol. The van der Waals surface area contributed by atoms with Crippen molar-refractivity contribution in [3.05, 3.63) is 71.8 Å². The minimum Gasteiger partial charge on any atom is -0.458 e. The maximum absolute atomic E-state index is 11.6. The van der Waals surface area contributed by atoms with Gasteiger partial charge in [0.05, 0.1) is 0 Å². The molecule has 3 nitrogen and oxygen atoms in total. The normalized spacial score (nSPS) is 10.6. The van der Waals surface area contributed by atoms with Crippen molar-refractivity contribution in [2.45, 2.75) is 6.61 Å². The first-order valence-corrected chi connectivity index (χ1v) is 6.81. The van der Waals surface area contributed by atoms with E-state index in [1.165, 1.54) is 6.08 Å². The van der Waals surface area contributed by atoms with Crippen molar-refractivity contribution in [2.75, 3.05) is 19.0 Å². The van der Waals surface area contributed by atoms with E-state index in [2.05, 4.69) is 0 Å². The average Bonchev–Trinajstić information content (AvgIpc) is 2.52. The van der Waals surface area contributed by atoms with Crippen molar-refractivity contribution in [1.29, 1.82) is 0 Å². The van der Waals surface area contributed by atoms with E-state index in [1.807, 2.05) is 73.6 Å². The van der Waals surface area contributed by atoms with Gasteiger partial charge in [-0.25, -0.2) is 4.79 Å². The third-order valence-corrected chi connectivity index (χ3v) is 3.05. The zero-order chi connectivity index (χ0) is 15.1. The van der Waals surface area contributed by atoms with E-state index in [9.17, 15) is 4.79 Å². The lowest BCUT2D eigenvalue weighted by Gasteiger charge is -2.11. The molecule has 0 atom stereocenters. The first-order chi connectivity index (χ1) is 10.1. The number of rotatable bonds is 5. The van der Waals surface area contributed by atoms with Gasteiger partial charge in [-0.15, -0.1) is 0 Å². The van der Waals surface area contributed by atoms with Crippen LogP contribution in [-0.4, -0.2) is 20.1 Å². The van der Waals surface area contributed by atoms with Crippen LogP contribution in [0.5, 0.6) is 0 Å². The van der Waals surface area contributed by atoms with E-state index >= 15 is 0 Å². The predicted octanol–water partition coefficient (Wildman–Crippen LogP) is 3.51. The van der Waals surface area contributed by atoms with Gasteiger partial charge in [-0.2, -0.15) is 0 Å². The quantitative estimate of drug-likeness (QED) is 0.620. The second-order valence-corrected chi connectivity index (χ2v) is 4.91. The molecule has 2 aromatic carbocycles. The molecule has 0 saturated carbocycles. The lowest BCUT2D eigenvalue weighted by Crippen LogP contribution is -2.07. The largest absolute Gasteiger partial charge is 0.458 e. The van der Waals surface area contributed by atoms with Crippen LogP contribution in [0.25, 0.3) is 6.08 Å². The maximum atomic E-state index is 11.6. The molecule has 0 amide bonds. The highest BCUT2D eigenvalue weighted by molar-refractivity contribution is 5.87. The molecule has 0 unspecified atom stereocenters. The number of hydrogen-bond donors (Lipinski definition) is 0. The summed E-state index contributed by atoms with van der Waals surface area (Å²) in [4.78, 5) is 13.7. The Bertz CT molecular complexity index is 601. The lowest BCUT2D eigenvalue weighted by molar-refractivity contribution is -0.138. The SMILES string of the molecule is CN(C)c1ccc(C=CC(=O)OCc2ccccc2)cc1. The zero-order valence-corrected chi connectivity index (χ0v) is 12.3. The standard InChI is InChI=1S/C18H19NO2/c1-19(2)17-11-8-15(9-12-17)10-13-18(20)21-14-16-6-4-3-5-7-16/h3-13H,14H2,1-2H3. The Morgan fingerprint density at radius 3 is 2.33 bits per heavy atom.